The second-order valence-corrected chi connectivity index (χ2v) is 7.47. The van der Waals surface area contributed by atoms with Crippen molar-refractivity contribution >= 4 is 34.0 Å². The first-order valence-corrected chi connectivity index (χ1v) is 10.1. The van der Waals surface area contributed by atoms with E-state index in [1.54, 1.807) is 24.4 Å². The van der Waals surface area contributed by atoms with Gasteiger partial charge in [0.1, 0.15) is 30.3 Å². The van der Waals surface area contributed by atoms with Crippen molar-refractivity contribution < 1.29 is 9.47 Å². The molecule has 0 spiro atoms. The van der Waals surface area contributed by atoms with E-state index in [4.69, 9.17) is 21.1 Å². The molecule has 0 aliphatic carbocycles. The highest BCUT2D eigenvalue weighted by Crippen LogP contribution is 2.34. The molecular formula is C23H22ClN5O2. The normalized spacial score (nSPS) is 11.0. The summed E-state index contributed by atoms with van der Waals surface area (Å²) in [5.41, 5.74) is 1.56. The van der Waals surface area contributed by atoms with Gasteiger partial charge in [0.2, 0.25) is 5.88 Å². The number of hydrogen-bond donors (Lipinski definition) is 1. The molecule has 8 heteroatoms. The largest absolute Gasteiger partial charge is 0.491 e. The first kappa shape index (κ1) is 20.8. The van der Waals surface area contributed by atoms with Gasteiger partial charge in [-0.05, 0) is 50.5 Å². The number of aromatic nitrogens is 3. The van der Waals surface area contributed by atoms with Crippen molar-refractivity contribution in [3.05, 3.63) is 72.1 Å². The van der Waals surface area contributed by atoms with E-state index in [1.807, 2.05) is 50.5 Å². The summed E-state index contributed by atoms with van der Waals surface area (Å²) in [5.74, 6) is 2.36. The standard InChI is InChI=1S/C23H22ClN5O2/c1-29(2)12-13-30-20-7-5-6-18-22(20)23(27-15-26-18)28-16-9-10-19(17(24)14-16)31-21-8-3-4-11-25-21/h3-11,14-15H,12-13H2,1-2H3,(H,26,27,28). The molecule has 158 valence electrons. The van der Waals surface area contributed by atoms with Crippen LogP contribution in [0, 0.1) is 0 Å². The molecule has 0 aliphatic rings. The van der Waals surface area contributed by atoms with Gasteiger partial charge in [0, 0.05) is 24.5 Å². The first-order chi connectivity index (χ1) is 15.1. The molecule has 0 saturated carbocycles. The number of benzene rings is 2. The fourth-order valence-electron chi connectivity index (χ4n) is 2.95. The van der Waals surface area contributed by atoms with Gasteiger partial charge in [0.15, 0.2) is 0 Å². The summed E-state index contributed by atoms with van der Waals surface area (Å²) in [5, 5.41) is 4.59. The Bertz CT molecular complexity index is 1170. The topological polar surface area (TPSA) is 72.4 Å². The van der Waals surface area contributed by atoms with E-state index in [1.165, 1.54) is 6.33 Å². The maximum Gasteiger partial charge on any atom is 0.219 e. The predicted molar refractivity (Wildman–Crippen MR) is 123 cm³/mol. The van der Waals surface area contributed by atoms with Crippen molar-refractivity contribution in [2.45, 2.75) is 0 Å². The summed E-state index contributed by atoms with van der Waals surface area (Å²) in [4.78, 5) is 15.0. The Hall–Kier alpha value is -3.42. The van der Waals surface area contributed by atoms with Crippen molar-refractivity contribution in [2.75, 3.05) is 32.6 Å². The molecule has 31 heavy (non-hydrogen) atoms. The number of ether oxygens (including phenoxy) is 2. The van der Waals surface area contributed by atoms with Gasteiger partial charge >= 0.3 is 0 Å². The predicted octanol–water partition coefficient (Wildman–Crippen LogP) is 5.15. The molecule has 7 nitrogen and oxygen atoms in total. The van der Waals surface area contributed by atoms with Crippen LogP contribution in [0.25, 0.3) is 10.9 Å². The molecule has 0 atom stereocenters. The lowest BCUT2D eigenvalue weighted by Gasteiger charge is -2.15. The molecule has 0 aliphatic heterocycles. The highest BCUT2D eigenvalue weighted by Gasteiger charge is 2.12. The van der Waals surface area contributed by atoms with Crippen LogP contribution in [0.15, 0.2) is 67.1 Å². The maximum atomic E-state index is 6.44. The Kier molecular flexibility index (Phi) is 6.45. The lowest BCUT2D eigenvalue weighted by molar-refractivity contribution is 0.263. The van der Waals surface area contributed by atoms with Gasteiger partial charge in [-0.1, -0.05) is 23.7 Å². The molecule has 2 heterocycles. The number of pyridine rings is 1. The van der Waals surface area contributed by atoms with Gasteiger partial charge in [-0.2, -0.15) is 0 Å². The number of nitrogens with zero attached hydrogens (tertiary/aromatic N) is 4. The highest BCUT2D eigenvalue weighted by atomic mass is 35.5. The van der Waals surface area contributed by atoms with E-state index in [0.717, 1.165) is 28.9 Å². The second kappa shape index (κ2) is 9.59. The van der Waals surface area contributed by atoms with Crippen LogP contribution < -0.4 is 14.8 Å². The van der Waals surface area contributed by atoms with E-state index in [-0.39, 0.29) is 0 Å². The zero-order valence-electron chi connectivity index (χ0n) is 17.2. The molecule has 0 fully saturated rings. The summed E-state index contributed by atoms with van der Waals surface area (Å²) < 4.78 is 11.7. The van der Waals surface area contributed by atoms with E-state index >= 15 is 0 Å². The van der Waals surface area contributed by atoms with Gasteiger partial charge < -0.3 is 19.7 Å². The smallest absolute Gasteiger partial charge is 0.219 e. The minimum absolute atomic E-state index is 0.455. The van der Waals surface area contributed by atoms with Crippen LogP contribution in [-0.4, -0.2) is 47.1 Å². The van der Waals surface area contributed by atoms with Crippen molar-refractivity contribution in [2.24, 2.45) is 0 Å². The Morgan fingerprint density at radius 2 is 1.87 bits per heavy atom. The number of likely N-dealkylation sites (N-methyl/N-ethyl adjacent to an activating group) is 1. The van der Waals surface area contributed by atoms with Crippen LogP contribution in [0.4, 0.5) is 11.5 Å². The summed E-state index contributed by atoms with van der Waals surface area (Å²) in [6.07, 6.45) is 3.19. The molecule has 2 aromatic heterocycles. The van der Waals surface area contributed by atoms with Gasteiger partial charge in [-0.25, -0.2) is 15.0 Å². The lowest BCUT2D eigenvalue weighted by Crippen LogP contribution is -2.19. The van der Waals surface area contributed by atoms with Crippen molar-refractivity contribution in [3.63, 3.8) is 0 Å². The first-order valence-electron chi connectivity index (χ1n) is 9.77. The van der Waals surface area contributed by atoms with Crippen LogP contribution >= 0.6 is 11.6 Å². The molecule has 2 aromatic carbocycles. The fraction of sp³-hybridized carbons (Fsp3) is 0.174. The second-order valence-electron chi connectivity index (χ2n) is 7.06. The molecule has 0 amide bonds. The summed E-state index contributed by atoms with van der Waals surface area (Å²) >= 11 is 6.44. The monoisotopic (exact) mass is 435 g/mol. The number of fused-ring (bicyclic) bond motifs is 1. The fourth-order valence-corrected chi connectivity index (χ4v) is 3.17. The Balaban J connectivity index is 1.58. The number of halogens is 1. The third kappa shape index (κ3) is 5.20. The number of hydrogen-bond acceptors (Lipinski definition) is 7. The number of anilines is 2. The third-order valence-electron chi connectivity index (χ3n) is 4.47. The molecule has 0 radical (unpaired) electrons. The van der Waals surface area contributed by atoms with Gasteiger partial charge in [-0.15, -0.1) is 0 Å². The van der Waals surface area contributed by atoms with Crippen LogP contribution in [0.1, 0.15) is 0 Å². The SMILES string of the molecule is CN(C)CCOc1cccc2ncnc(Nc3ccc(Oc4ccccn4)c(Cl)c3)c12. The minimum atomic E-state index is 0.455. The van der Waals surface area contributed by atoms with E-state index < -0.39 is 0 Å². The zero-order valence-corrected chi connectivity index (χ0v) is 18.0. The van der Waals surface area contributed by atoms with Crippen LogP contribution in [0.3, 0.4) is 0 Å². The van der Waals surface area contributed by atoms with Crippen molar-refractivity contribution in [3.8, 4) is 17.4 Å². The van der Waals surface area contributed by atoms with Crippen LogP contribution in [0.5, 0.6) is 17.4 Å². The van der Waals surface area contributed by atoms with Gasteiger partial charge in [0.05, 0.1) is 15.9 Å². The lowest BCUT2D eigenvalue weighted by atomic mass is 10.2. The Morgan fingerprint density at radius 3 is 2.65 bits per heavy atom. The Morgan fingerprint density at radius 1 is 0.968 bits per heavy atom. The molecular weight excluding hydrogens is 414 g/mol. The Labute approximate surface area is 185 Å². The zero-order chi connectivity index (χ0) is 21.6. The summed E-state index contributed by atoms with van der Waals surface area (Å²) in [6, 6.07) is 16.7. The van der Waals surface area contributed by atoms with Crippen LogP contribution in [0.2, 0.25) is 5.02 Å². The molecule has 1 N–H and O–H groups in total. The molecule has 0 saturated heterocycles. The van der Waals surface area contributed by atoms with E-state index in [9.17, 15) is 0 Å². The number of nitrogens with one attached hydrogen (secondary N) is 1. The van der Waals surface area contributed by atoms with Crippen molar-refractivity contribution in [1.29, 1.82) is 0 Å². The molecule has 4 rings (SSSR count). The van der Waals surface area contributed by atoms with Gasteiger partial charge in [-0.3, -0.25) is 0 Å². The minimum Gasteiger partial charge on any atom is -0.491 e. The van der Waals surface area contributed by atoms with Crippen molar-refractivity contribution in [1.82, 2.24) is 19.9 Å². The van der Waals surface area contributed by atoms with E-state index in [2.05, 4.69) is 25.2 Å². The van der Waals surface area contributed by atoms with E-state index in [0.29, 0.717) is 29.1 Å². The molecule has 0 unspecified atom stereocenters. The molecule has 0 bridgehead atoms. The summed E-state index contributed by atoms with van der Waals surface area (Å²) in [7, 11) is 4.01. The van der Waals surface area contributed by atoms with Gasteiger partial charge in [0.25, 0.3) is 0 Å². The highest BCUT2D eigenvalue weighted by molar-refractivity contribution is 6.32. The quantitative estimate of drug-likeness (QED) is 0.410. The summed E-state index contributed by atoms with van der Waals surface area (Å²) in [6.45, 7) is 1.37. The average Bonchev–Trinajstić information content (AvgIpc) is 2.76. The maximum absolute atomic E-state index is 6.44. The molecule has 4 aromatic rings. The third-order valence-corrected chi connectivity index (χ3v) is 4.76. The average molecular weight is 436 g/mol. The number of rotatable bonds is 8. The van der Waals surface area contributed by atoms with Crippen LogP contribution in [-0.2, 0) is 0 Å².